The number of aromatic nitrogens is 2. The van der Waals surface area contributed by atoms with Crippen molar-refractivity contribution in [2.24, 2.45) is 7.05 Å². The molecule has 3 rings (SSSR count). The fraction of sp³-hybridized carbons (Fsp3) is 0.269. The molecule has 1 aromatic heterocycles. The molecule has 40 heavy (non-hydrogen) atoms. The largest absolute Gasteiger partial charge is 0.490 e. The number of benzene rings is 2. The Kier molecular flexibility index (Phi) is 11.7. The third-order valence-corrected chi connectivity index (χ3v) is 5.83. The van der Waals surface area contributed by atoms with Gasteiger partial charge >= 0.3 is 18.1 Å². The first-order valence-electron chi connectivity index (χ1n) is 11.6. The van der Waals surface area contributed by atoms with Crippen LogP contribution in [0.25, 0.3) is 11.1 Å². The smallest absolute Gasteiger partial charge is 0.480 e. The topological polar surface area (TPSA) is 151 Å². The number of carbonyl (C=O) groups is 4. The van der Waals surface area contributed by atoms with Crippen LogP contribution in [0.4, 0.5) is 18.9 Å². The molecule has 214 valence electrons. The first-order chi connectivity index (χ1) is 18.8. The van der Waals surface area contributed by atoms with Crippen LogP contribution < -0.4 is 10.6 Å². The molecule has 0 aliphatic heterocycles. The van der Waals surface area contributed by atoms with Crippen molar-refractivity contribution in [3.8, 4) is 11.1 Å². The second kappa shape index (κ2) is 14.7. The number of anilines is 1. The standard InChI is InChI=1S/C24H26N4O4S.C2HF3O2/c1-28-14-18(25-15-28)13-22(29)26-17-8-9-19(20(12-17)16-6-4-3-5-7-16)23(30)27-21(24(31)32)10-11-33-2;3-2(4,5)1(6)7/h3-9,12,14-15,21H,10-11,13H2,1-2H3,(H,26,29)(H,27,30)(H,31,32);(H,6,7). The summed E-state index contributed by atoms with van der Waals surface area (Å²) in [5.41, 5.74) is 2.89. The van der Waals surface area contributed by atoms with E-state index in [0.29, 0.717) is 34.7 Å². The van der Waals surface area contributed by atoms with Crippen molar-refractivity contribution in [3.63, 3.8) is 0 Å². The van der Waals surface area contributed by atoms with Gasteiger partial charge in [-0.25, -0.2) is 14.6 Å². The van der Waals surface area contributed by atoms with Gasteiger partial charge in [0.2, 0.25) is 5.91 Å². The average Bonchev–Trinajstić information content (AvgIpc) is 3.30. The summed E-state index contributed by atoms with van der Waals surface area (Å²) >= 11 is 1.52. The molecule has 2 aromatic carbocycles. The van der Waals surface area contributed by atoms with Crippen LogP contribution in [0, 0.1) is 0 Å². The number of rotatable bonds is 10. The molecule has 0 aliphatic rings. The third kappa shape index (κ3) is 10.1. The molecule has 2 amide bonds. The zero-order valence-electron chi connectivity index (χ0n) is 21.4. The predicted octanol–water partition coefficient (Wildman–Crippen LogP) is 3.84. The van der Waals surface area contributed by atoms with E-state index in [1.165, 1.54) is 11.8 Å². The zero-order valence-corrected chi connectivity index (χ0v) is 22.3. The van der Waals surface area contributed by atoms with E-state index in [-0.39, 0.29) is 12.3 Å². The van der Waals surface area contributed by atoms with Crippen molar-refractivity contribution in [3.05, 3.63) is 72.3 Å². The van der Waals surface area contributed by atoms with Crippen molar-refractivity contribution in [2.45, 2.75) is 25.1 Å². The molecule has 1 atom stereocenters. The molecule has 0 fully saturated rings. The molecule has 14 heteroatoms. The number of halogens is 3. The van der Waals surface area contributed by atoms with Crippen LogP contribution in [0.1, 0.15) is 22.5 Å². The number of aliphatic carboxylic acids is 2. The molecule has 0 bridgehead atoms. The second-order valence-electron chi connectivity index (χ2n) is 8.33. The Hall–Kier alpha value is -4.33. The Morgan fingerprint density at radius 1 is 1.07 bits per heavy atom. The van der Waals surface area contributed by atoms with E-state index in [1.54, 1.807) is 35.3 Å². The highest BCUT2D eigenvalue weighted by Crippen LogP contribution is 2.27. The Morgan fingerprint density at radius 2 is 1.73 bits per heavy atom. The number of aryl methyl sites for hydroxylation is 1. The van der Waals surface area contributed by atoms with E-state index in [0.717, 1.165) is 5.56 Å². The highest BCUT2D eigenvalue weighted by molar-refractivity contribution is 7.98. The van der Waals surface area contributed by atoms with Gasteiger partial charge in [0.1, 0.15) is 6.04 Å². The minimum Gasteiger partial charge on any atom is -0.480 e. The second-order valence-corrected chi connectivity index (χ2v) is 9.32. The van der Waals surface area contributed by atoms with Gasteiger partial charge in [-0.2, -0.15) is 24.9 Å². The summed E-state index contributed by atoms with van der Waals surface area (Å²) in [6, 6.07) is 13.2. The van der Waals surface area contributed by atoms with E-state index in [4.69, 9.17) is 9.90 Å². The normalized spacial score (nSPS) is 11.5. The third-order valence-electron chi connectivity index (χ3n) is 5.19. The van der Waals surface area contributed by atoms with Gasteiger partial charge in [-0.15, -0.1) is 0 Å². The van der Waals surface area contributed by atoms with Crippen molar-refractivity contribution in [1.82, 2.24) is 14.9 Å². The summed E-state index contributed by atoms with van der Waals surface area (Å²) in [4.78, 5) is 50.1. The van der Waals surface area contributed by atoms with E-state index in [9.17, 15) is 32.7 Å². The number of carboxylic acid groups (broad SMARTS) is 2. The SMILES string of the molecule is CSCCC(NC(=O)c1ccc(NC(=O)Cc2cn(C)cn2)cc1-c1ccccc1)C(=O)O.O=C(O)C(F)(F)F. The number of nitrogens with zero attached hydrogens (tertiary/aromatic N) is 2. The van der Waals surface area contributed by atoms with Gasteiger partial charge < -0.3 is 25.4 Å². The van der Waals surface area contributed by atoms with Crippen LogP contribution in [0.3, 0.4) is 0 Å². The van der Waals surface area contributed by atoms with Crippen LogP contribution in [-0.2, 0) is 27.9 Å². The van der Waals surface area contributed by atoms with Gasteiger partial charge in [-0.05, 0) is 47.8 Å². The van der Waals surface area contributed by atoms with Gasteiger partial charge in [0, 0.05) is 24.5 Å². The lowest BCUT2D eigenvalue weighted by molar-refractivity contribution is -0.192. The molecule has 0 aliphatic carbocycles. The van der Waals surface area contributed by atoms with Crippen molar-refractivity contribution < 1.29 is 42.6 Å². The Balaban J connectivity index is 0.000000708. The van der Waals surface area contributed by atoms with E-state index >= 15 is 0 Å². The van der Waals surface area contributed by atoms with Gasteiger partial charge in [-0.1, -0.05) is 30.3 Å². The molecule has 0 spiro atoms. The van der Waals surface area contributed by atoms with Crippen LogP contribution >= 0.6 is 11.8 Å². The van der Waals surface area contributed by atoms with Crippen molar-refractivity contribution >= 4 is 41.2 Å². The number of carboxylic acids is 2. The highest BCUT2D eigenvalue weighted by atomic mass is 32.2. The number of carbonyl (C=O) groups excluding carboxylic acids is 2. The summed E-state index contributed by atoms with van der Waals surface area (Å²) in [6.45, 7) is 0. The van der Waals surface area contributed by atoms with E-state index in [2.05, 4.69) is 15.6 Å². The maximum atomic E-state index is 13.0. The van der Waals surface area contributed by atoms with Gasteiger partial charge in [0.15, 0.2) is 0 Å². The van der Waals surface area contributed by atoms with E-state index in [1.807, 2.05) is 43.6 Å². The highest BCUT2D eigenvalue weighted by Gasteiger charge is 2.38. The minimum atomic E-state index is -5.08. The molecule has 0 saturated heterocycles. The number of alkyl halides is 3. The summed E-state index contributed by atoms with van der Waals surface area (Å²) in [5.74, 6) is -3.92. The minimum absolute atomic E-state index is 0.124. The maximum Gasteiger partial charge on any atom is 0.490 e. The van der Waals surface area contributed by atoms with Crippen LogP contribution in [0.15, 0.2) is 61.1 Å². The van der Waals surface area contributed by atoms with Crippen molar-refractivity contribution in [2.75, 3.05) is 17.3 Å². The lowest BCUT2D eigenvalue weighted by Gasteiger charge is -2.17. The molecule has 4 N–H and O–H groups in total. The van der Waals surface area contributed by atoms with Crippen LogP contribution in [0.2, 0.25) is 0 Å². The lowest BCUT2D eigenvalue weighted by atomic mass is 9.98. The maximum absolute atomic E-state index is 13.0. The number of thioether (sulfide) groups is 1. The summed E-state index contributed by atoms with van der Waals surface area (Å²) < 4.78 is 33.5. The lowest BCUT2D eigenvalue weighted by Crippen LogP contribution is -2.41. The molecular weight excluding hydrogens is 553 g/mol. The number of imidazole rings is 1. The molecule has 10 nitrogen and oxygen atoms in total. The molecule has 1 unspecified atom stereocenters. The molecule has 3 aromatic rings. The molecular formula is C26H27F3N4O6S. The van der Waals surface area contributed by atoms with Gasteiger partial charge in [-0.3, -0.25) is 9.59 Å². The number of hydrogen-bond acceptors (Lipinski definition) is 6. The summed E-state index contributed by atoms with van der Waals surface area (Å²) in [6.07, 6.45) is 0.657. The van der Waals surface area contributed by atoms with Crippen LogP contribution in [-0.4, -0.2) is 67.7 Å². The first-order valence-corrected chi connectivity index (χ1v) is 13.0. The first kappa shape index (κ1) is 31.9. The number of nitrogens with one attached hydrogen (secondary N) is 2. The average molecular weight is 581 g/mol. The van der Waals surface area contributed by atoms with Gasteiger partial charge in [0.25, 0.3) is 5.91 Å². The van der Waals surface area contributed by atoms with Crippen LogP contribution in [0.5, 0.6) is 0 Å². The predicted molar refractivity (Wildman–Crippen MR) is 143 cm³/mol. The zero-order chi connectivity index (χ0) is 29.9. The monoisotopic (exact) mass is 580 g/mol. The molecule has 1 heterocycles. The Labute approximate surface area is 231 Å². The quantitative estimate of drug-likeness (QED) is 0.283. The summed E-state index contributed by atoms with van der Waals surface area (Å²) in [7, 11) is 1.83. The number of hydrogen-bond donors (Lipinski definition) is 4. The molecule has 0 radical (unpaired) electrons. The van der Waals surface area contributed by atoms with Gasteiger partial charge in [0.05, 0.1) is 18.4 Å². The van der Waals surface area contributed by atoms with E-state index < -0.39 is 30.1 Å². The number of amides is 2. The fourth-order valence-corrected chi connectivity index (χ4v) is 3.80. The fourth-order valence-electron chi connectivity index (χ4n) is 3.33. The summed E-state index contributed by atoms with van der Waals surface area (Å²) in [5, 5.41) is 22.1. The Bertz CT molecular complexity index is 1330. The van der Waals surface area contributed by atoms with Crippen molar-refractivity contribution in [1.29, 1.82) is 0 Å². The molecule has 0 saturated carbocycles. The Morgan fingerprint density at radius 3 is 2.25 bits per heavy atom.